The third-order valence-corrected chi connectivity index (χ3v) is 6.96. The number of hydrogen-bond donors (Lipinski definition) is 1. The van der Waals surface area contributed by atoms with Crippen LogP contribution in [-0.2, 0) is 16.0 Å². The monoisotopic (exact) mass is 383 g/mol. The van der Waals surface area contributed by atoms with E-state index in [-0.39, 0.29) is 23.1 Å². The highest BCUT2D eigenvalue weighted by Crippen LogP contribution is 2.59. The van der Waals surface area contributed by atoms with Crippen LogP contribution < -0.4 is 5.32 Å². The van der Waals surface area contributed by atoms with Gasteiger partial charge >= 0.3 is 0 Å². The summed E-state index contributed by atoms with van der Waals surface area (Å²) < 4.78 is 0. The molecule has 1 aliphatic carbocycles. The summed E-state index contributed by atoms with van der Waals surface area (Å²) in [5.41, 5.74) is 1.50. The van der Waals surface area contributed by atoms with E-state index in [1.807, 2.05) is 11.0 Å². The largest absolute Gasteiger partial charge is 0.356 e. The number of nitrogens with one attached hydrogen (secondary N) is 1. The Morgan fingerprint density at radius 2 is 1.75 bits per heavy atom. The van der Waals surface area contributed by atoms with E-state index in [1.165, 1.54) is 18.4 Å². The van der Waals surface area contributed by atoms with Gasteiger partial charge in [-0.25, -0.2) is 0 Å². The van der Waals surface area contributed by atoms with E-state index in [1.54, 1.807) is 0 Å². The van der Waals surface area contributed by atoms with Crippen molar-refractivity contribution in [2.45, 2.75) is 44.9 Å². The van der Waals surface area contributed by atoms with Gasteiger partial charge in [-0.1, -0.05) is 30.3 Å². The van der Waals surface area contributed by atoms with Crippen molar-refractivity contribution < 1.29 is 9.59 Å². The summed E-state index contributed by atoms with van der Waals surface area (Å²) in [4.78, 5) is 29.3. The lowest BCUT2D eigenvalue weighted by molar-refractivity contribution is -0.133. The Morgan fingerprint density at radius 1 is 1.04 bits per heavy atom. The number of carbonyl (C=O) groups is 2. The Morgan fingerprint density at radius 3 is 2.46 bits per heavy atom. The van der Waals surface area contributed by atoms with Crippen LogP contribution >= 0.6 is 0 Å². The van der Waals surface area contributed by atoms with Crippen LogP contribution in [0.2, 0.25) is 0 Å². The van der Waals surface area contributed by atoms with E-state index in [0.29, 0.717) is 6.54 Å². The van der Waals surface area contributed by atoms with E-state index >= 15 is 0 Å². The summed E-state index contributed by atoms with van der Waals surface area (Å²) in [7, 11) is 0. The van der Waals surface area contributed by atoms with Crippen molar-refractivity contribution >= 4 is 11.8 Å². The molecule has 28 heavy (non-hydrogen) atoms. The van der Waals surface area contributed by atoms with Gasteiger partial charge in [-0.05, 0) is 69.0 Å². The normalized spacial score (nSPS) is 23.7. The molecule has 1 atom stereocenters. The van der Waals surface area contributed by atoms with Gasteiger partial charge in [0.1, 0.15) is 0 Å². The number of likely N-dealkylation sites (tertiary alicyclic amines) is 2. The Balaban J connectivity index is 1.15. The van der Waals surface area contributed by atoms with Gasteiger partial charge in [-0.3, -0.25) is 14.5 Å². The van der Waals surface area contributed by atoms with Crippen molar-refractivity contribution in [1.29, 1.82) is 0 Å². The molecular weight excluding hydrogens is 350 g/mol. The molecule has 4 rings (SSSR count). The van der Waals surface area contributed by atoms with Crippen LogP contribution in [0.4, 0.5) is 0 Å². The highest BCUT2D eigenvalue weighted by molar-refractivity contribution is 5.83. The van der Waals surface area contributed by atoms with Crippen LogP contribution in [0, 0.1) is 11.3 Å². The second-order valence-corrected chi connectivity index (χ2v) is 8.86. The van der Waals surface area contributed by atoms with Crippen molar-refractivity contribution in [3.8, 4) is 0 Å². The maximum absolute atomic E-state index is 12.5. The molecule has 1 aromatic carbocycles. The summed E-state index contributed by atoms with van der Waals surface area (Å²) in [6.45, 7) is 5.11. The minimum absolute atomic E-state index is 0.167. The molecular formula is C23H33N3O2. The van der Waals surface area contributed by atoms with Gasteiger partial charge in [0.15, 0.2) is 0 Å². The molecule has 0 radical (unpaired) electrons. The van der Waals surface area contributed by atoms with Crippen molar-refractivity contribution in [2.24, 2.45) is 11.3 Å². The van der Waals surface area contributed by atoms with E-state index in [9.17, 15) is 9.59 Å². The van der Waals surface area contributed by atoms with Crippen molar-refractivity contribution in [3.63, 3.8) is 0 Å². The Bertz CT molecular complexity index is 676. The van der Waals surface area contributed by atoms with Crippen LogP contribution in [0.3, 0.4) is 0 Å². The lowest BCUT2D eigenvalue weighted by Crippen LogP contribution is -2.44. The van der Waals surface area contributed by atoms with Crippen molar-refractivity contribution in [1.82, 2.24) is 15.1 Å². The molecule has 3 aliphatic rings. The average molecular weight is 384 g/mol. The molecule has 1 spiro atoms. The zero-order valence-corrected chi connectivity index (χ0v) is 16.9. The summed E-state index contributed by atoms with van der Waals surface area (Å²) in [6.07, 6.45) is 7.41. The van der Waals surface area contributed by atoms with Gasteiger partial charge in [-0.15, -0.1) is 0 Å². The topological polar surface area (TPSA) is 52.7 Å². The molecule has 5 nitrogen and oxygen atoms in total. The van der Waals surface area contributed by atoms with Gasteiger partial charge in [0.05, 0.1) is 6.54 Å². The molecule has 2 heterocycles. The number of aryl methyl sites for hydroxylation is 1. The fourth-order valence-corrected chi connectivity index (χ4v) is 4.98. The third-order valence-electron chi connectivity index (χ3n) is 6.96. The Hall–Kier alpha value is -1.88. The van der Waals surface area contributed by atoms with E-state index in [0.717, 1.165) is 64.8 Å². The van der Waals surface area contributed by atoms with Gasteiger partial charge in [0.2, 0.25) is 11.8 Å². The first-order valence-electron chi connectivity index (χ1n) is 11.0. The number of carbonyl (C=O) groups excluding carboxylic acids is 2. The van der Waals surface area contributed by atoms with Crippen LogP contribution in [0.25, 0.3) is 0 Å². The fraction of sp³-hybridized carbons (Fsp3) is 0.652. The first-order chi connectivity index (χ1) is 13.7. The van der Waals surface area contributed by atoms with Gasteiger partial charge in [0.25, 0.3) is 0 Å². The van der Waals surface area contributed by atoms with E-state index < -0.39 is 0 Å². The Labute approximate surface area is 168 Å². The zero-order chi connectivity index (χ0) is 19.4. The minimum Gasteiger partial charge on any atom is -0.356 e. The molecule has 3 fully saturated rings. The quantitative estimate of drug-likeness (QED) is 0.736. The number of hydrogen-bond acceptors (Lipinski definition) is 3. The van der Waals surface area contributed by atoms with Gasteiger partial charge in [0, 0.05) is 25.6 Å². The molecule has 1 N–H and O–H groups in total. The number of benzene rings is 1. The standard InChI is InChI=1S/C23H33N3O2/c27-21(18-25-13-4-5-14-25)26-15-10-23(11-16-26)17-20(23)22(28)24-12-6-9-19-7-2-1-3-8-19/h1-3,7-8,20H,4-6,9-18H2,(H,24,28). The molecule has 152 valence electrons. The summed E-state index contributed by atoms with van der Waals surface area (Å²) in [6, 6.07) is 10.4. The lowest BCUT2D eigenvalue weighted by Gasteiger charge is -2.33. The summed E-state index contributed by atoms with van der Waals surface area (Å²) in [5.74, 6) is 0.671. The van der Waals surface area contributed by atoms with E-state index in [4.69, 9.17) is 0 Å². The average Bonchev–Trinajstić information content (AvgIpc) is 3.16. The molecule has 0 aromatic heterocycles. The molecule has 1 aromatic rings. The number of piperidine rings is 1. The Kier molecular flexibility index (Phi) is 6.00. The van der Waals surface area contributed by atoms with Crippen LogP contribution in [-0.4, -0.2) is 60.9 Å². The highest BCUT2D eigenvalue weighted by atomic mass is 16.2. The predicted octanol–water partition coefficient (Wildman–Crippen LogP) is 2.46. The molecule has 2 aliphatic heterocycles. The molecule has 2 amide bonds. The number of nitrogens with zero attached hydrogens (tertiary/aromatic N) is 2. The molecule has 2 saturated heterocycles. The first kappa shape index (κ1) is 19.4. The van der Waals surface area contributed by atoms with Crippen LogP contribution in [0.1, 0.15) is 44.1 Å². The van der Waals surface area contributed by atoms with Gasteiger partial charge < -0.3 is 10.2 Å². The number of amides is 2. The zero-order valence-electron chi connectivity index (χ0n) is 16.9. The lowest BCUT2D eigenvalue weighted by atomic mass is 9.90. The van der Waals surface area contributed by atoms with Crippen molar-refractivity contribution in [3.05, 3.63) is 35.9 Å². The SMILES string of the molecule is O=C(NCCCc1ccccc1)C1CC12CCN(C(=O)CN1CCCC1)CC2. The summed E-state index contributed by atoms with van der Waals surface area (Å²) >= 11 is 0. The third kappa shape index (κ3) is 4.57. The van der Waals surface area contributed by atoms with E-state index in [2.05, 4.69) is 34.5 Å². The van der Waals surface area contributed by atoms with Crippen LogP contribution in [0.5, 0.6) is 0 Å². The highest BCUT2D eigenvalue weighted by Gasteiger charge is 2.58. The summed E-state index contributed by atoms with van der Waals surface area (Å²) in [5, 5.41) is 3.14. The molecule has 5 heteroatoms. The maximum Gasteiger partial charge on any atom is 0.236 e. The molecule has 0 bridgehead atoms. The minimum atomic E-state index is 0.167. The molecule has 1 unspecified atom stereocenters. The number of rotatable bonds is 7. The fourth-order valence-electron chi connectivity index (χ4n) is 4.98. The van der Waals surface area contributed by atoms with Crippen molar-refractivity contribution in [2.75, 3.05) is 39.3 Å². The van der Waals surface area contributed by atoms with Gasteiger partial charge in [-0.2, -0.15) is 0 Å². The predicted molar refractivity (Wildman–Crippen MR) is 110 cm³/mol. The second-order valence-electron chi connectivity index (χ2n) is 8.86. The maximum atomic E-state index is 12.5. The molecule has 1 saturated carbocycles. The van der Waals surface area contributed by atoms with Crippen LogP contribution in [0.15, 0.2) is 30.3 Å². The first-order valence-corrected chi connectivity index (χ1v) is 11.0. The smallest absolute Gasteiger partial charge is 0.236 e. The second kappa shape index (κ2) is 8.64.